The molecule has 0 aromatic heterocycles. The molecule has 96 valence electrons. The zero-order valence-corrected chi connectivity index (χ0v) is 10.8. The summed E-state index contributed by atoms with van der Waals surface area (Å²) in [4.78, 5) is 0. The first kappa shape index (κ1) is 13.0. The molecule has 0 amide bonds. The Morgan fingerprint density at radius 2 is 2.00 bits per heavy atom. The third-order valence-corrected chi connectivity index (χ3v) is 2.94. The standard InChI is InChI=1S/C16H16N2O/c1-2-19-13-7-5-6-12(10-13)15(11-17)14-8-3-4-9-16(14)18/h3-10,15H,2,18H2,1H3. The molecule has 0 radical (unpaired) electrons. The van der Waals surface area contributed by atoms with E-state index < -0.39 is 0 Å². The number of hydrogen-bond donors (Lipinski definition) is 1. The van der Waals surface area contributed by atoms with E-state index in [9.17, 15) is 5.26 Å². The van der Waals surface area contributed by atoms with E-state index >= 15 is 0 Å². The summed E-state index contributed by atoms with van der Waals surface area (Å²) in [5.74, 6) is 0.399. The van der Waals surface area contributed by atoms with E-state index in [1.165, 1.54) is 0 Å². The molecule has 0 fully saturated rings. The van der Waals surface area contributed by atoms with E-state index in [-0.39, 0.29) is 5.92 Å². The van der Waals surface area contributed by atoms with Crippen LogP contribution >= 0.6 is 0 Å². The molecule has 0 saturated carbocycles. The van der Waals surface area contributed by atoms with Crippen LogP contribution in [-0.2, 0) is 0 Å². The van der Waals surface area contributed by atoms with E-state index in [0.29, 0.717) is 12.3 Å². The van der Waals surface area contributed by atoms with Gasteiger partial charge < -0.3 is 10.5 Å². The van der Waals surface area contributed by atoms with Gasteiger partial charge in [-0.25, -0.2) is 0 Å². The lowest BCUT2D eigenvalue weighted by Crippen LogP contribution is -2.03. The molecule has 0 bridgehead atoms. The minimum Gasteiger partial charge on any atom is -0.494 e. The number of nitrogen functional groups attached to an aromatic ring is 1. The second kappa shape index (κ2) is 5.92. The van der Waals surface area contributed by atoms with Crippen LogP contribution < -0.4 is 10.5 Å². The third-order valence-electron chi connectivity index (χ3n) is 2.94. The van der Waals surface area contributed by atoms with E-state index in [1.54, 1.807) is 0 Å². The quantitative estimate of drug-likeness (QED) is 0.849. The zero-order valence-electron chi connectivity index (χ0n) is 10.8. The van der Waals surface area contributed by atoms with Crippen molar-refractivity contribution in [2.45, 2.75) is 12.8 Å². The molecule has 0 aliphatic carbocycles. The highest BCUT2D eigenvalue weighted by atomic mass is 16.5. The third kappa shape index (κ3) is 2.86. The van der Waals surface area contributed by atoms with Gasteiger partial charge in [0.2, 0.25) is 0 Å². The van der Waals surface area contributed by atoms with Gasteiger partial charge in [0, 0.05) is 5.69 Å². The molecular formula is C16H16N2O. The molecule has 2 aromatic rings. The summed E-state index contributed by atoms with van der Waals surface area (Å²) in [5.41, 5.74) is 8.31. The SMILES string of the molecule is CCOc1cccc(C(C#N)c2ccccc2N)c1. The van der Waals surface area contributed by atoms with Gasteiger partial charge >= 0.3 is 0 Å². The predicted molar refractivity (Wildman–Crippen MR) is 75.9 cm³/mol. The average molecular weight is 252 g/mol. The molecule has 2 N–H and O–H groups in total. The Bertz CT molecular complexity index is 602. The second-order valence-corrected chi connectivity index (χ2v) is 4.20. The summed E-state index contributed by atoms with van der Waals surface area (Å²) in [5, 5.41) is 9.43. The van der Waals surface area contributed by atoms with Crippen LogP contribution in [-0.4, -0.2) is 6.61 Å². The van der Waals surface area contributed by atoms with E-state index in [1.807, 2.05) is 55.5 Å². The summed E-state index contributed by atoms with van der Waals surface area (Å²) in [6.45, 7) is 2.54. The summed E-state index contributed by atoms with van der Waals surface area (Å²) in [7, 11) is 0. The Kier molecular flexibility index (Phi) is 4.04. The molecule has 0 aliphatic heterocycles. The van der Waals surface area contributed by atoms with Crippen LogP contribution in [0.3, 0.4) is 0 Å². The minimum atomic E-state index is -0.374. The van der Waals surface area contributed by atoms with Gasteiger partial charge in [-0.1, -0.05) is 30.3 Å². The van der Waals surface area contributed by atoms with Crippen molar-refractivity contribution in [3.8, 4) is 11.8 Å². The van der Waals surface area contributed by atoms with E-state index in [4.69, 9.17) is 10.5 Å². The topological polar surface area (TPSA) is 59.0 Å². The normalized spacial score (nSPS) is 11.6. The van der Waals surface area contributed by atoms with Crippen molar-refractivity contribution in [3.05, 3.63) is 59.7 Å². The lowest BCUT2D eigenvalue weighted by atomic mass is 9.91. The number of rotatable bonds is 4. The highest BCUT2D eigenvalue weighted by Gasteiger charge is 2.16. The Labute approximate surface area is 113 Å². The Hall–Kier alpha value is -2.47. The fourth-order valence-corrected chi connectivity index (χ4v) is 2.05. The molecule has 3 nitrogen and oxygen atoms in total. The van der Waals surface area contributed by atoms with Crippen LogP contribution in [0.1, 0.15) is 24.0 Å². The van der Waals surface area contributed by atoms with Crippen molar-refractivity contribution in [2.75, 3.05) is 12.3 Å². The van der Waals surface area contributed by atoms with E-state index in [0.717, 1.165) is 16.9 Å². The first-order valence-corrected chi connectivity index (χ1v) is 6.23. The minimum absolute atomic E-state index is 0.374. The molecule has 1 unspecified atom stereocenters. The number of benzene rings is 2. The number of para-hydroxylation sites is 1. The lowest BCUT2D eigenvalue weighted by Gasteiger charge is -2.13. The Balaban J connectivity index is 2.41. The number of ether oxygens (including phenoxy) is 1. The van der Waals surface area contributed by atoms with Crippen LogP contribution in [0, 0.1) is 11.3 Å². The van der Waals surface area contributed by atoms with Crippen molar-refractivity contribution < 1.29 is 4.74 Å². The van der Waals surface area contributed by atoms with Crippen LogP contribution in [0.2, 0.25) is 0 Å². The maximum absolute atomic E-state index is 9.43. The first-order chi connectivity index (χ1) is 9.26. The molecule has 2 aromatic carbocycles. The van der Waals surface area contributed by atoms with Gasteiger partial charge in [-0.2, -0.15) is 5.26 Å². The Morgan fingerprint density at radius 3 is 2.68 bits per heavy atom. The maximum Gasteiger partial charge on any atom is 0.119 e. The largest absolute Gasteiger partial charge is 0.494 e. The first-order valence-electron chi connectivity index (χ1n) is 6.23. The van der Waals surface area contributed by atoms with Crippen LogP contribution in [0.15, 0.2) is 48.5 Å². The number of anilines is 1. The van der Waals surface area contributed by atoms with E-state index in [2.05, 4.69) is 6.07 Å². The fraction of sp³-hybridized carbons (Fsp3) is 0.188. The van der Waals surface area contributed by atoms with Gasteiger partial charge in [0.1, 0.15) is 5.75 Å². The van der Waals surface area contributed by atoms with Gasteiger partial charge in [-0.15, -0.1) is 0 Å². The highest BCUT2D eigenvalue weighted by molar-refractivity contribution is 5.54. The Morgan fingerprint density at radius 1 is 1.21 bits per heavy atom. The lowest BCUT2D eigenvalue weighted by molar-refractivity contribution is 0.340. The smallest absolute Gasteiger partial charge is 0.119 e. The molecule has 1 atom stereocenters. The molecule has 3 heteroatoms. The monoisotopic (exact) mass is 252 g/mol. The average Bonchev–Trinajstić information content (AvgIpc) is 2.43. The molecule has 0 heterocycles. The summed E-state index contributed by atoms with van der Waals surface area (Å²) < 4.78 is 5.47. The van der Waals surface area contributed by atoms with Crippen LogP contribution in [0.4, 0.5) is 5.69 Å². The molecule has 19 heavy (non-hydrogen) atoms. The van der Waals surface area contributed by atoms with Crippen LogP contribution in [0.25, 0.3) is 0 Å². The van der Waals surface area contributed by atoms with Crippen molar-refractivity contribution in [2.24, 2.45) is 0 Å². The number of nitrogens with two attached hydrogens (primary N) is 1. The molecule has 0 spiro atoms. The van der Waals surface area contributed by atoms with Gasteiger partial charge in [0.15, 0.2) is 0 Å². The van der Waals surface area contributed by atoms with Gasteiger partial charge in [0.05, 0.1) is 18.6 Å². The van der Waals surface area contributed by atoms with Crippen LogP contribution in [0.5, 0.6) is 5.75 Å². The number of nitrogens with zero attached hydrogens (tertiary/aromatic N) is 1. The second-order valence-electron chi connectivity index (χ2n) is 4.20. The summed E-state index contributed by atoms with van der Waals surface area (Å²) in [6, 6.07) is 17.4. The molecule has 0 saturated heterocycles. The van der Waals surface area contributed by atoms with Crippen molar-refractivity contribution in [3.63, 3.8) is 0 Å². The van der Waals surface area contributed by atoms with Gasteiger partial charge in [0.25, 0.3) is 0 Å². The highest BCUT2D eigenvalue weighted by Crippen LogP contribution is 2.30. The predicted octanol–water partition coefficient (Wildman–Crippen LogP) is 3.32. The summed E-state index contributed by atoms with van der Waals surface area (Å²) in [6.07, 6.45) is 0. The van der Waals surface area contributed by atoms with Gasteiger partial charge in [-0.05, 0) is 36.2 Å². The van der Waals surface area contributed by atoms with Crippen molar-refractivity contribution >= 4 is 5.69 Å². The maximum atomic E-state index is 9.43. The fourth-order valence-electron chi connectivity index (χ4n) is 2.05. The number of hydrogen-bond acceptors (Lipinski definition) is 3. The number of nitriles is 1. The molecular weight excluding hydrogens is 236 g/mol. The zero-order chi connectivity index (χ0) is 13.7. The summed E-state index contributed by atoms with van der Waals surface area (Å²) >= 11 is 0. The molecule has 2 rings (SSSR count). The van der Waals surface area contributed by atoms with Gasteiger partial charge in [-0.3, -0.25) is 0 Å². The van der Waals surface area contributed by atoms with Crippen molar-refractivity contribution in [1.29, 1.82) is 5.26 Å². The van der Waals surface area contributed by atoms with Crippen molar-refractivity contribution in [1.82, 2.24) is 0 Å². The molecule has 0 aliphatic rings.